The van der Waals surface area contributed by atoms with Crippen LogP contribution in [0, 0.1) is 0 Å². The van der Waals surface area contributed by atoms with Crippen molar-refractivity contribution in [2.75, 3.05) is 12.3 Å². The number of carboxylic acids is 1. The Morgan fingerprint density at radius 3 is 2.40 bits per heavy atom. The summed E-state index contributed by atoms with van der Waals surface area (Å²) in [6.45, 7) is 13.7. The van der Waals surface area contributed by atoms with Crippen LogP contribution < -0.4 is 15.2 Å². The number of nitrogen functional groups attached to an aromatic ring is 1. The number of aromatic nitrogens is 4. The summed E-state index contributed by atoms with van der Waals surface area (Å²) in [5.41, 5.74) is 7.07. The van der Waals surface area contributed by atoms with Gasteiger partial charge in [-0.3, -0.25) is 9.89 Å². The Morgan fingerprint density at radius 1 is 1.12 bits per heavy atom. The second-order valence-electron chi connectivity index (χ2n) is 13.6. The first kappa shape index (κ1) is 31.8. The first-order valence-corrected chi connectivity index (χ1v) is 16.2. The zero-order valence-corrected chi connectivity index (χ0v) is 26.7. The van der Waals surface area contributed by atoms with Crippen LogP contribution in [0.4, 0.5) is 5.69 Å². The predicted octanol–water partition coefficient (Wildman–Crippen LogP) is 5.26. The van der Waals surface area contributed by atoms with E-state index < -0.39 is 26.9 Å². The van der Waals surface area contributed by atoms with E-state index in [2.05, 4.69) is 20.0 Å². The predicted molar refractivity (Wildman–Crippen MR) is 163 cm³/mol. The number of aliphatic carboxylic acids is 1. The van der Waals surface area contributed by atoms with Crippen molar-refractivity contribution in [1.82, 2.24) is 24.5 Å². The first-order valence-electron chi connectivity index (χ1n) is 14.7. The number of nitrogens with zero attached hydrogens (tertiary/aromatic N) is 3. The van der Waals surface area contributed by atoms with Gasteiger partial charge >= 0.3 is 5.97 Å². The normalized spacial score (nSPS) is 15.8. The third-order valence-electron chi connectivity index (χ3n) is 8.78. The van der Waals surface area contributed by atoms with Crippen LogP contribution in [0.15, 0.2) is 23.1 Å². The standard InChI is InChI=1S/C30H46N6O5S/c1-28(2,3)25-24(31)26-32-33-27(36(26)34-25)29(4,5)30(6,7)35-42(39,40)22-18-20(19-12-9-8-10-13-19)15-16-21(22)41-17-11-14-23(37)38/h15-16,18-19,34-35H,8-14,17,31H2,1-7H3,(H,37,38). The number of hydrogen-bond donors (Lipinski definition) is 4. The number of sulfonamides is 1. The number of benzene rings is 1. The molecule has 12 heteroatoms. The zero-order chi connectivity index (χ0) is 31.1. The molecule has 0 amide bonds. The molecule has 1 saturated carbocycles. The Kier molecular flexibility index (Phi) is 8.72. The van der Waals surface area contributed by atoms with Crippen molar-refractivity contribution < 1.29 is 23.1 Å². The van der Waals surface area contributed by atoms with E-state index in [-0.39, 0.29) is 41.4 Å². The fourth-order valence-electron chi connectivity index (χ4n) is 5.57. The Hall–Kier alpha value is -3.12. The van der Waals surface area contributed by atoms with Gasteiger partial charge in [-0.1, -0.05) is 59.9 Å². The van der Waals surface area contributed by atoms with E-state index in [1.165, 1.54) is 6.42 Å². The Morgan fingerprint density at radius 2 is 1.79 bits per heavy atom. The molecule has 4 rings (SSSR count). The highest BCUT2D eigenvalue weighted by Crippen LogP contribution is 2.40. The van der Waals surface area contributed by atoms with Gasteiger partial charge in [-0.25, -0.2) is 17.7 Å². The maximum atomic E-state index is 14.2. The molecule has 2 aromatic heterocycles. The molecule has 232 valence electrons. The lowest BCUT2D eigenvalue weighted by atomic mass is 9.74. The van der Waals surface area contributed by atoms with Crippen LogP contribution in [0.3, 0.4) is 0 Å². The molecular weight excluding hydrogens is 556 g/mol. The largest absolute Gasteiger partial charge is 0.492 e. The van der Waals surface area contributed by atoms with Crippen molar-refractivity contribution in [3.05, 3.63) is 35.3 Å². The molecule has 0 radical (unpaired) electrons. The summed E-state index contributed by atoms with van der Waals surface area (Å²) < 4.78 is 38.9. The lowest BCUT2D eigenvalue weighted by Gasteiger charge is -2.40. The molecule has 42 heavy (non-hydrogen) atoms. The number of fused-ring (bicyclic) bond motifs is 1. The summed E-state index contributed by atoms with van der Waals surface area (Å²) in [5.74, 6) is 0.106. The smallest absolute Gasteiger partial charge is 0.303 e. The molecule has 0 aliphatic heterocycles. The number of aromatic amines is 1. The molecule has 0 saturated heterocycles. The minimum atomic E-state index is -4.10. The van der Waals surface area contributed by atoms with Gasteiger partial charge in [-0.2, -0.15) is 0 Å². The van der Waals surface area contributed by atoms with Crippen molar-refractivity contribution in [2.24, 2.45) is 0 Å². The number of ether oxygens (including phenoxy) is 1. The maximum absolute atomic E-state index is 14.2. The molecular formula is C30H46N6O5S. The fraction of sp³-hybridized carbons (Fsp3) is 0.633. The summed E-state index contributed by atoms with van der Waals surface area (Å²) in [5, 5.41) is 21.1. The van der Waals surface area contributed by atoms with Crippen LogP contribution in [-0.2, 0) is 25.6 Å². The fourth-order valence-corrected chi connectivity index (χ4v) is 7.29. The Balaban J connectivity index is 1.70. The lowest BCUT2D eigenvalue weighted by molar-refractivity contribution is -0.137. The van der Waals surface area contributed by atoms with E-state index in [1.807, 2.05) is 54.5 Å². The highest BCUT2D eigenvalue weighted by molar-refractivity contribution is 7.89. The number of rotatable bonds is 11. The third-order valence-corrected chi connectivity index (χ3v) is 10.5. The van der Waals surface area contributed by atoms with E-state index in [9.17, 15) is 13.2 Å². The first-order chi connectivity index (χ1) is 19.5. The van der Waals surface area contributed by atoms with Gasteiger partial charge < -0.3 is 15.6 Å². The molecule has 0 atom stereocenters. The van der Waals surface area contributed by atoms with Crippen molar-refractivity contribution in [3.8, 4) is 5.75 Å². The van der Waals surface area contributed by atoms with Crippen LogP contribution >= 0.6 is 0 Å². The van der Waals surface area contributed by atoms with Gasteiger partial charge in [0.2, 0.25) is 15.7 Å². The highest BCUT2D eigenvalue weighted by Gasteiger charge is 2.46. The van der Waals surface area contributed by atoms with Crippen molar-refractivity contribution >= 4 is 27.3 Å². The number of carbonyl (C=O) groups is 1. The van der Waals surface area contributed by atoms with Gasteiger partial charge in [0, 0.05) is 22.8 Å². The molecule has 1 aliphatic rings. The van der Waals surface area contributed by atoms with E-state index in [0.29, 0.717) is 17.2 Å². The molecule has 0 unspecified atom stereocenters. The summed E-state index contributed by atoms with van der Waals surface area (Å²) in [6, 6.07) is 5.37. The lowest BCUT2D eigenvalue weighted by Crippen LogP contribution is -2.56. The van der Waals surface area contributed by atoms with Crippen LogP contribution in [-0.4, -0.2) is 51.5 Å². The van der Waals surface area contributed by atoms with Crippen LogP contribution in [0.1, 0.15) is 116 Å². The summed E-state index contributed by atoms with van der Waals surface area (Å²) in [6.07, 6.45) is 5.67. The molecule has 2 heterocycles. The van der Waals surface area contributed by atoms with Crippen LogP contribution in [0.25, 0.3) is 5.65 Å². The number of H-pyrrole nitrogens is 1. The Labute approximate surface area is 248 Å². The van der Waals surface area contributed by atoms with Gasteiger partial charge in [0.15, 0.2) is 5.82 Å². The molecule has 0 bridgehead atoms. The minimum Gasteiger partial charge on any atom is -0.492 e. The van der Waals surface area contributed by atoms with Crippen molar-refractivity contribution in [1.29, 1.82) is 0 Å². The minimum absolute atomic E-state index is 0.0512. The van der Waals surface area contributed by atoms with Gasteiger partial charge in [-0.05, 0) is 56.7 Å². The van der Waals surface area contributed by atoms with Gasteiger partial charge in [0.05, 0.1) is 12.3 Å². The molecule has 3 aromatic rings. The second kappa shape index (κ2) is 11.5. The average molecular weight is 603 g/mol. The summed E-state index contributed by atoms with van der Waals surface area (Å²) in [7, 11) is -4.10. The van der Waals surface area contributed by atoms with E-state index in [0.717, 1.165) is 36.9 Å². The molecule has 0 spiro atoms. The van der Waals surface area contributed by atoms with E-state index in [4.69, 9.17) is 15.6 Å². The van der Waals surface area contributed by atoms with Crippen LogP contribution in [0.2, 0.25) is 0 Å². The van der Waals surface area contributed by atoms with E-state index in [1.54, 1.807) is 16.6 Å². The van der Waals surface area contributed by atoms with E-state index >= 15 is 0 Å². The number of nitrogens with one attached hydrogen (secondary N) is 2. The number of carboxylic acid groups (broad SMARTS) is 1. The maximum Gasteiger partial charge on any atom is 0.303 e. The number of anilines is 1. The third kappa shape index (κ3) is 6.29. The monoisotopic (exact) mass is 602 g/mol. The molecule has 1 aromatic carbocycles. The number of nitrogens with two attached hydrogens (primary N) is 1. The topological polar surface area (TPSA) is 165 Å². The van der Waals surface area contributed by atoms with Gasteiger partial charge in [0.25, 0.3) is 0 Å². The summed E-state index contributed by atoms with van der Waals surface area (Å²) >= 11 is 0. The van der Waals surface area contributed by atoms with Crippen molar-refractivity contribution in [2.45, 2.75) is 121 Å². The average Bonchev–Trinajstić information content (AvgIpc) is 3.47. The molecule has 1 aliphatic carbocycles. The number of hydrogen-bond acceptors (Lipinski definition) is 7. The molecule has 1 fully saturated rings. The second-order valence-corrected chi connectivity index (χ2v) is 15.2. The summed E-state index contributed by atoms with van der Waals surface area (Å²) in [4.78, 5) is 11.0. The highest BCUT2D eigenvalue weighted by atomic mass is 32.2. The van der Waals surface area contributed by atoms with Crippen LogP contribution in [0.5, 0.6) is 5.75 Å². The quantitative estimate of drug-likeness (QED) is 0.216. The molecule has 5 N–H and O–H groups in total. The molecule has 11 nitrogen and oxygen atoms in total. The zero-order valence-electron chi connectivity index (χ0n) is 25.9. The SMILES string of the molecule is CC(C)(C)c1[nH]n2c(C(C)(C)C(C)(C)NS(=O)(=O)c3cc(C4CCCCC4)ccc3OCCCC(=O)O)nnc2c1N. The van der Waals surface area contributed by atoms with Gasteiger partial charge in [0.1, 0.15) is 16.3 Å². The van der Waals surface area contributed by atoms with Gasteiger partial charge in [-0.15, -0.1) is 10.2 Å². The van der Waals surface area contributed by atoms with Crippen molar-refractivity contribution in [3.63, 3.8) is 0 Å². The Bertz CT molecular complexity index is 1540.